The first kappa shape index (κ1) is 14.9. The first-order valence-corrected chi connectivity index (χ1v) is 7.78. The first-order valence-electron chi connectivity index (χ1n) is 7.78. The Morgan fingerprint density at radius 2 is 2.15 bits per heavy atom. The molecule has 1 N–H and O–H groups in total. The Hall–Kier alpha value is -1.46. The van der Waals surface area contributed by atoms with Crippen LogP contribution in [0.1, 0.15) is 64.1 Å². The van der Waals surface area contributed by atoms with Gasteiger partial charge in [0.05, 0.1) is 0 Å². The van der Waals surface area contributed by atoms with E-state index < -0.39 is 0 Å². The molecule has 1 saturated heterocycles. The van der Waals surface area contributed by atoms with Crippen LogP contribution >= 0.6 is 0 Å². The average Bonchev–Trinajstić information content (AvgIpc) is 3.01. The summed E-state index contributed by atoms with van der Waals surface area (Å²) >= 11 is 0. The molecule has 0 unspecified atom stereocenters. The predicted octanol–water partition coefficient (Wildman–Crippen LogP) is 2.12. The SMILES string of the molecule is CCCC(CCC)C(=O)N1CCC[C@H](c2nn[nH]n2)C1. The molecule has 20 heavy (non-hydrogen) atoms. The van der Waals surface area contributed by atoms with Gasteiger partial charge in [0.15, 0.2) is 5.82 Å². The van der Waals surface area contributed by atoms with Crippen LogP contribution in [0.25, 0.3) is 0 Å². The number of H-pyrrole nitrogens is 1. The molecule has 0 bridgehead atoms. The Morgan fingerprint density at radius 3 is 2.75 bits per heavy atom. The van der Waals surface area contributed by atoms with Crippen molar-refractivity contribution < 1.29 is 4.79 Å². The van der Waals surface area contributed by atoms with Gasteiger partial charge in [0.1, 0.15) is 0 Å². The summed E-state index contributed by atoms with van der Waals surface area (Å²) in [5.41, 5.74) is 0. The summed E-state index contributed by atoms with van der Waals surface area (Å²) in [6, 6.07) is 0. The summed E-state index contributed by atoms with van der Waals surface area (Å²) in [7, 11) is 0. The Morgan fingerprint density at radius 1 is 1.40 bits per heavy atom. The predicted molar refractivity (Wildman–Crippen MR) is 76.0 cm³/mol. The van der Waals surface area contributed by atoms with Crippen molar-refractivity contribution in [1.29, 1.82) is 0 Å². The van der Waals surface area contributed by atoms with Crippen LogP contribution in [0, 0.1) is 5.92 Å². The molecule has 1 amide bonds. The highest BCUT2D eigenvalue weighted by Gasteiger charge is 2.30. The van der Waals surface area contributed by atoms with Gasteiger partial charge in [-0.1, -0.05) is 31.9 Å². The molecule has 1 aliphatic rings. The van der Waals surface area contributed by atoms with Crippen LogP contribution in [0.2, 0.25) is 0 Å². The number of hydrogen-bond donors (Lipinski definition) is 1. The number of hydrogen-bond acceptors (Lipinski definition) is 4. The van der Waals surface area contributed by atoms with Gasteiger partial charge in [0, 0.05) is 24.9 Å². The number of nitrogens with zero attached hydrogens (tertiary/aromatic N) is 4. The molecule has 1 fully saturated rings. The number of tetrazole rings is 1. The van der Waals surface area contributed by atoms with Gasteiger partial charge in [-0.2, -0.15) is 5.21 Å². The van der Waals surface area contributed by atoms with Crippen LogP contribution in [0.5, 0.6) is 0 Å². The van der Waals surface area contributed by atoms with E-state index in [-0.39, 0.29) is 11.8 Å². The molecule has 6 heteroatoms. The minimum absolute atomic E-state index is 0.189. The molecule has 1 aromatic heterocycles. The maximum atomic E-state index is 12.7. The second-order valence-electron chi connectivity index (χ2n) is 5.67. The van der Waals surface area contributed by atoms with Crippen LogP contribution in [0.15, 0.2) is 0 Å². The number of aromatic nitrogens is 4. The molecular weight excluding hydrogens is 254 g/mol. The van der Waals surface area contributed by atoms with Crippen molar-refractivity contribution in [3.8, 4) is 0 Å². The average molecular weight is 279 g/mol. The van der Waals surface area contributed by atoms with Gasteiger partial charge in [0.25, 0.3) is 0 Å². The molecule has 0 radical (unpaired) electrons. The molecule has 0 spiro atoms. The van der Waals surface area contributed by atoms with E-state index >= 15 is 0 Å². The lowest BCUT2D eigenvalue weighted by molar-refractivity contribution is -0.137. The van der Waals surface area contributed by atoms with Crippen molar-refractivity contribution in [2.45, 2.75) is 58.3 Å². The fraction of sp³-hybridized carbons (Fsp3) is 0.857. The highest BCUT2D eigenvalue weighted by Crippen LogP contribution is 2.26. The minimum Gasteiger partial charge on any atom is -0.342 e. The highest BCUT2D eigenvalue weighted by molar-refractivity contribution is 5.79. The normalized spacial score (nSPS) is 19.6. The van der Waals surface area contributed by atoms with Crippen molar-refractivity contribution >= 4 is 5.91 Å². The lowest BCUT2D eigenvalue weighted by atomic mass is 9.92. The van der Waals surface area contributed by atoms with Gasteiger partial charge in [-0.05, 0) is 25.7 Å². The largest absolute Gasteiger partial charge is 0.342 e. The van der Waals surface area contributed by atoms with Crippen LogP contribution in [-0.2, 0) is 4.79 Å². The maximum Gasteiger partial charge on any atom is 0.225 e. The van der Waals surface area contributed by atoms with E-state index in [0.29, 0.717) is 5.91 Å². The summed E-state index contributed by atoms with van der Waals surface area (Å²) in [4.78, 5) is 14.7. The molecule has 0 aromatic carbocycles. The molecule has 1 atom stereocenters. The third-order valence-electron chi connectivity index (χ3n) is 4.08. The van der Waals surface area contributed by atoms with E-state index in [1.54, 1.807) is 0 Å². The van der Waals surface area contributed by atoms with E-state index in [2.05, 4.69) is 34.5 Å². The van der Waals surface area contributed by atoms with Crippen molar-refractivity contribution in [3.05, 3.63) is 5.82 Å². The Kier molecular flexibility index (Phi) is 5.49. The van der Waals surface area contributed by atoms with Gasteiger partial charge in [-0.25, -0.2) is 0 Å². The number of aromatic amines is 1. The fourth-order valence-electron chi connectivity index (χ4n) is 3.08. The highest BCUT2D eigenvalue weighted by atomic mass is 16.2. The van der Waals surface area contributed by atoms with E-state index in [0.717, 1.165) is 57.4 Å². The molecular formula is C14H25N5O. The Balaban J connectivity index is 1.98. The second kappa shape index (κ2) is 7.36. The van der Waals surface area contributed by atoms with Crippen molar-refractivity contribution in [2.24, 2.45) is 5.92 Å². The summed E-state index contributed by atoms with van der Waals surface area (Å²) in [6.45, 7) is 5.90. The lowest BCUT2D eigenvalue weighted by Crippen LogP contribution is -2.42. The van der Waals surface area contributed by atoms with Crippen LogP contribution < -0.4 is 0 Å². The molecule has 2 heterocycles. The third-order valence-corrected chi connectivity index (χ3v) is 4.08. The molecule has 2 rings (SSSR count). The monoisotopic (exact) mass is 279 g/mol. The summed E-state index contributed by atoms with van der Waals surface area (Å²) < 4.78 is 0. The molecule has 1 aromatic rings. The van der Waals surface area contributed by atoms with Crippen molar-refractivity contribution in [3.63, 3.8) is 0 Å². The van der Waals surface area contributed by atoms with E-state index in [1.165, 1.54) is 0 Å². The molecule has 0 aliphatic carbocycles. The van der Waals surface area contributed by atoms with E-state index in [4.69, 9.17) is 0 Å². The standard InChI is InChI=1S/C14H25N5O/c1-3-6-11(7-4-2)14(20)19-9-5-8-12(10-19)13-15-17-18-16-13/h11-12H,3-10H2,1-2H3,(H,15,16,17,18)/t12-/m0/s1. The van der Waals surface area contributed by atoms with Gasteiger partial charge in [0.2, 0.25) is 5.91 Å². The van der Waals surface area contributed by atoms with E-state index in [9.17, 15) is 4.79 Å². The van der Waals surface area contributed by atoms with Crippen LogP contribution in [0.3, 0.4) is 0 Å². The smallest absolute Gasteiger partial charge is 0.225 e. The van der Waals surface area contributed by atoms with Gasteiger partial charge in [-0.15, -0.1) is 10.2 Å². The molecule has 112 valence electrons. The maximum absolute atomic E-state index is 12.7. The molecule has 6 nitrogen and oxygen atoms in total. The number of carbonyl (C=O) groups is 1. The molecule has 0 saturated carbocycles. The van der Waals surface area contributed by atoms with Crippen molar-refractivity contribution in [1.82, 2.24) is 25.5 Å². The lowest BCUT2D eigenvalue weighted by Gasteiger charge is -2.33. The zero-order valence-electron chi connectivity index (χ0n) is 12.5. The number of rotatable bonds is 6. The zero-order chi connectivity index (χ0) is 14.4. The van der Waals surface area contributed by atoms with Crippen LogP contribution in [-0.4, -0.2) is 44.5 Å². The first-order chi connectivity index (χ1) is 9.76. The number of carbonyl (C=O) groups excluding carboxylic acids is 1. The molecule has 1 aliphatic heterocycles. The quantitative estimate of drug-likeness (QED) is 0.865. The van der Waals surface area contributed by atoms with Gasteiger partial charge >= 0.3 is 0 Å². The Bertz CT molecular complexity index is 400. The topological polar surface area (TPSA) is 74.8 Å². The number of nitrogens with one attached hydrogen (secondary N) is 1. The van der Waals surface area contributed by atoms with Crippen molar-refractivity contribution in [2.75, 3.05) is 13.1 Å². The number of amides is 1. The zero-order valence-corrected chi connectivity index (χ0v) is 12.5. The van der Waals surface area contributed by atoms with E-state index in [1.807, 2.05) is 4.90 Å². The second-order valence-corrected chi connectivity index (χ2v) is 5.67. The summed E-state index contributed by atoms with van der Waals surface area (Å²) in [5, 5.41) is 14.3. The minimum atomic E-state index is 0.189. The number of piperidine rings is 1. The fourth-order valence-corrected chi connectivity index (χ4v) is 3.08. The third kappa shape index (κ3) is 3.55. The Labute approximate surface area is 120 Å². The number of likely N-dealkylation sites (tertiary alicyclic amines) is 1. The van der Waals surface area contributed by atoms with Gasteiger partial charge < -0.3 is 4.90 Å². The summed E-state index contributed by atoms with van der Waals surface area (Å²) in [5.74, 6) is 1.48. The van der Waals surface area contributed by atoms with Gasteiger partial charge in [-0.3, -0.25) is 4.79 Å². The van der Waals surface area contributed by atoms with Crippen LogP contribution in [0.4, 0.5) is 0 Å². The summed E-state index contributed by atoms with van der Waals surface area (Å²) in [6.07, 6.45) is 6.19.